The van der Waals surface area contributed by atoms with E-state index in [4.69, 9.17) is 5.11 Å². The van der Waals surface area contributed by atoms with Crippen molar-refractivity contribution in [3.8, 4) is 11.8 Å². The summed E-state index contributed by atoms with van der Waals surface area (Å²) in [7, 11) is 0. The number of hydrogen-bond donors (Lipinski definition) is 3. The van der Waals surface area contributed by atoms with Gasteiger partial charge >= 0.3 is 0 Å². The van der Waals surface area contributed by atoms with E-state index in [1.54, 1.807) is 0 Å². The molecule has 2 rings (SSSR count). The minimum Gasteiger partial charge on any atom is -0.384 e. The molecule has 1 aliphatic heterocycles. The van der Waals surface area contributed by atoms with Gasteiger partial charge in [-0.25, -0.2) is 4.39 Å². The zero-order valence-electron chi connectivity index (χ0n) is 11.3. The molecule has 1 atom stereocenters. The summed E-state index contributed by atoms with van der Waals surface area (Å²) in [5.74, 6) is 4.03. The number of hydrogen-bond acceptors (Lipinski definition) is 3. The first-order valence-corrected chi connectivity index (χ1v) is 6.57. The number of carbonyl (C=O) groups is 2. The fraction of sp³-hybridized carbons (Fsp3) is 0.333. The predicted molar refractivity (Wildman–Crippen MR) is 73.9 cm³/mol. The van der Waals surface area contributed by atoms with Crippen molar-refractivity contribution in [1.82, 2.24) is 10.6 Å². The number of halogens is 1. The molecule has 1 aromatic carbocycles. The highest BCUT2D eigenvalue weighted by molar-refractivity contribution is 5.97. The van der Waals surface area contributed by atoms with Crippen molar-refractivity contribution in [3.63, 3.8) is 0 Å². The van der Waals surface area contributed by atoms with E-state index in [-0.39, 0.29) is 24.1 Å². The molecule has 6 heteroatoms. The van der Waals surface area contributed by atoms with Crippen LogP contribution in [0, 0.1) is 17.7 Å². The largest absolute Gasteiger partial charge is 0.384 e. The number of nitrogens with one attached hydrogen (secondary N) is 2. The molecule has 0 aliphatic carbocycles. The Labute approximate surface area is 121 Å². The molecule has 0 bridgehead atoms. The summed E-state index contributed by atoms with van der Waals surface area (Å²) in [4.78, 5) is 23.3. The lowest BCUT2D eigenvalue weighted by Gasteiger charge is -2.23. The van der Waals surface area contributed by atoms with Gasteiger partial charge in [-0.2, -0.15) is 0 Å². The number of aliphatic hydroxyl groups excluding tert-OH is 1. The van der Waals surface area contributed by atoms with Crippen LogP contribution in [0.15, 0.2) is 18.2 Å². The van der Waals surface area contributed by atoms with E-state index in [1.807, 2.05) is 0 Å². The van der Waals surface area contributed by atoms with Crippen molar-refractivity contribution < 1.29 is 19.1 Å². The highest BCUT2D eigenvalue weighted by Crippen LogP contribution is 2.12. The summed E-state index contributed by atoms with van der Waals surface area (Å²) in [6, 6.07) is 3.53. The van der Waals surface area contributed by atoms with E-state index < -0.39 is 11.7 Å². The van der Waals surface area contributed by atoms with Gasteiger partial charge in [-0.1, -0.05) is 11.8 Å². The van der Waals surface area contributed by atoms with Crippen LogP contribution in [-0.2, 0) is 4.79 Å². The maximum Gasteiger partial charge on any atom is 0.252 e. The molecular weight excluding hydrogens is 275 g/mol. The van der Waals surface area contributed by atoms with Crippen molar-refractivity contribution in [1.29, 1.82) is 0 Å². The van der Waals surface area contributed by atoms with E-state index in [0.717, 1.165) is 6.07 Å². The zero-order valence-corrected chi connectivity index (χ0v) is 11.3. The number of amides is 2. The first-order valence-electron chi connectivity index (χ1n) is 6.57. The molecule has 3 N–H and O–H groups in total. The lowest BCUT2D eigenvalue weighted by Crippen LogP contribution is -2.47. The lowest BCUT2D eigenvalue weighted by molar-refractivity contribution is -0.122. The van der Waals surface area contributed by atoms with Gasteiger partial charge in [-0.15, -0.1) is 0 Å². The minimum absolute atomic E-state index is 0.0410. The maximum atomic E-state index is 13.3. The highest BCUT2D eigenvalue weighted by Gasteiger charge is 2.21. The van der Waals surface area contributed by atoms with Crippen LogP contribution < -0.4 is 10.6 Å². The van der Waals surface area contributed by atoms with Crippen LogP contribution in [0.1, 0.15) is 28.8 Å². The van der Waals surface area contributed by atoms with Gasteiger partial charge in [0.15, 0.2) is 0 Å². The van der Waals surface area contributed by atoms with E-state index in [0.29, 0.717) is 24.9 Å². The van der Waals surface area contributed by atoms with Gasteiger partial charge in [0, 0.05) is 24.6 Å². The van der Waals surface area contributed by atoms with Crippen LogP contribution in [0.5, 0.6) is 0 Å². The van der Waals surface area contributed by atoms with Gasteiger partial charge < -0.3 is 15.7 Å². The third-order valence-corrected chi connectivity index (χ3v) is 3.13. The predicted octanol–water partition coefficient (Wildman–Crippen LogP) is 0.178. The SMILES string of the molecule is O=C1CCC(NC(=O)c2cc(F)ccc2C#CCO)CN1. The third kappa shape index (κ3) is 4.04. The lowest BCUT2D eigenvalue weighted by atomic mass is 10.0. The smallest absolute Gasteiger partial charge is 0.252 e. The monoisotopic (exact) mass is 290 g/mol. The van der Waals surface area contributed by atoms with Crippen molar-refractivity contribution in [3.05, 3.63) is 35.1 Å². The van der Waals surface area contributed by atoms with Gasteiger partial charge in [-0.3, -0.25) is 9.59 Å². The van der Waals surface area contributed by atoms with Gasteiger partial charge in [0.1, 0.15) is 12.4 Å². The maximum absolute atomic E-state index is 13.3. The standard InChI is InChI=1S/C15H15FN2O3/c16-11-4-3-10(2-1-7-19)13(8-11)15(21)18-12-5-6-14(20)17-9-12/h3-4,8,12,19H,5-7,9H2,(H,17,20)(H,18,21). The molecule has 0 radical (unpaired) electrons. The van der Waals surface area contributed by atoms with E-state index in [9.17, 15) is 14.0 Å². The Morgan fingerprint density at radius 1 is 1.52 bits per heavy atom. The quantitative estimate of drug-likeness (QED) is 0.680. The Balaban J connectivity index is 2.14. The molecule has 1 fully saturated rings. The summed E-state index contributed by atoms with van der Waals surface area (Å²) >= 11 is 0. The number of benzene rings is 1. The fourth-order valence-corrected chi connectivity index (χ4v) is 2.07. The van der Waals surface area contributed by atoms with Crippen LogP contribution in [0.3, 0.4) is 0 Å². The molecule has 5 nitrogen and oxygen atoms in total. The van der Waals surface area contributed by atoms with Gasteiger partial charge in [0.05, 0.1) is 5.56 Å². The van der Waals surface area contributed by atoms with E-state index in [2.05, 4.69) is 22.5 Å². The van der Waals surface area contributed by atoms with Crippen LogP contribution in [0.2, 0.25) is 0 Å². The number of rotatable bonds is 2. The van der Waals surface area contributed by atoms with Gasteiger partial charge in [0.25, 0.3) is 5.91 Å². The second-order valence-electron chi connectivity index (χ2n) is 4.66. The Kier molecular flexibility index (Phi) is 4.90. The molecule has 21 heavy (non-hydrogen) atoms. The number of carbonyl (C=O) groups excluding carboxylic acids is 2. The molecule has 1 aliphatic rings. The van der Waals surface area contributed by atoms with Gasteiger partial charge in [0.2, 0.25) is 5.91 Å². The topological polar surface area (TPSA) is 78.4 Å². The second-order valence-corrected chi connectivity index (χ2v) is 4.66. The molecular formula is C15H15FN2O3. The van der Waals surface area contributed by atoms with Crippen molar-refractivity contribution in [2.24, 2.45) is 0 Å². The second kappa shape index (κ2) is 6.86. The summed E-state index contributed by atoms with van der Waals surface area (Å²) in [6.07, 6.45) is 0.899. The average molecular weight is 290 g/mol. The number of aliphatic hydroxyl groups is 1. The molecule has 0 saturated carbocycles. The molecule has 110 valence electrons. The molecule has 2 amide bonds. The van der Waals surface area contributed by atoms with Crippen molar-refractivity contribution in [2.75, 3.05) is 13.2 Å². The summed E-state index contributed by atoms with van der Waals surface area (Å²) in [6.45, 7) is 0.0185. The third-order valence-electron chi connectivity index (χ3n) is 3.13. The Morgan fingerprint density at radius 3 is 3.00 bits per heavy atom. The Hall–Kier alpha value is -2.39. The van der Waals surface area contributed by atoms with Crippen LogP contribution in [0.25, 0.3) is 0 Å². The number of piperidine rings is 1. The van der Waals surface area contributed by atoms with Crippen molar-refractivity contribution >= 4 is 11.8 Å². The first kappa shape index (κ1) is 15.0. The molecule has 0 aromatic heterocycles. The molecule has 1 heterocycles. The van der Waals surface area contributed by atoms with Crippen LogP contribution >= 0.6 is 0 Å². The zero-order chi connectivity index (χ0) is 15.2. The van der Waals surface area contributed by atoms with Crippen LogP contribution in [-0.4, -0.2) is 36.1 Å². The Morgan fingerprint density at radius 2 is 2.33 bits per heavy atom. The summed E-state index contributed by atoms with van der Waals surface area (Å²) in [5, 5.41) is 14.1. The molecule has 0 spiro atoms. The molecule has 1 aromatic rings. The van der Waals surface area contributed by atoms with Crippen LogP contribution in [0.4, 0.5) is 4.39 Å². The van der Waals surface area contributed by atoms with Gasteiger partial charge in [-0.05, 0) is 24.6 Å². The first-order chi connectivity index (χ1) is 10.1. The van der Waals surface area contributed by atoms with Crippen molar-refractivity contribution in [2.45, 2.75) is 18.9 Å². The molecule has 1 saturated heterocycles. The van der Waals surface area contributed by atoms with E-state index >= 15 is 0 Å². The molecule has 1 unspecified atom stereocenters. The Bertz CT molecular complexity index is 609. The fourth-order valence-electron chi connectivity index (χ4n) is 2.07. The minimum atomic E-state index is -0.536. The summed E-state index contributed by atoms with van der Waals surface area (Å²) in [5.41, 5.74) is 0.468. The van der Waals surface area contributed by atoms with E-state index in [1.165, 1.54) is 12.1 Å². The normalized spacial score (nSPS) is 17.4. The summed E-state index contributed by atoms with van der Waals surface area (Å²) < 4.78 is 13.3. The highest BCUT2D eigenvalue weighted by atomic mass is 19.1. The average Bonchev–Trinajstić information content (AvgIpc) is 2.48.